The monoisotopic (exact) mass is 418 g/mol. The van der Waals surface area contributed by atoms with Gasteiger partial charge in [0.1, 0.15) is 5.75 Å². The molecule has 3 aromatic rings. The number of imide groups is 1. The van der Waals surface area contributed by atoms with Crippen LogP contribution in [0.25, 0.3) is 11.7 Å². The first kappa shape index (κ1) is 18.9. The van der Waals surface area contributed by atoms with Crippen molar-refractivity contribution in [3.63, 3.8) is 0 Å². The average molecular weight is 418 g/mol. The van der Waals surface area contributed by atoms with Crippen molar-refractivity contribution in [3.05, 3.63) is 47.2 Å². The second-order valence-corrected chi connectivity index (χ2v) is 7.49. The summed E-state index contributed by atoms with van der Waals surface area (Å²) >= 11 is 0. The highest BCUT2D eigenvalue weighted by atomic mass is 16.5. The molecule has 2 aromatic heterocycles. The van der Waals surface area contributed by atoms with Gasteiger partial charge < -0.3 is 10.1 Å². The molecule has 2 fully saturated rings. The molecule has 2 aliphatic rings. The number of amides is 2. The van der Waals surface area contributed by atoms with Crippen molar-refractivity contribution < 1.29 is 19.1 Å². The number of hydrogen-bond acceptors (Lipinski definition) is 8. The van der Waals surface area contributed by atoms with Gasteiger partial charge in [0.15, 0.2) is 11.4 Å². The number of nitrogens with one attached hydrogen (secondary N) is 2. The van der Waals surface area contributed by atoms with Gasteiger partial charge in [-0.1, -0.05) is 0 Å². The number of carbonyl (C=O) groups excluding carboxylic acids is 3. The number of aromatic nitrogens is 4. The molecule has 0 atom stereocenters. The Hall–Kier alpha value is -4.08. The number of benzene rings is 1. The van der Waals surface area contributed by atoms with Gasteiger partial charge in [0.2, 0.25) is 11.9 Å². The van der Waals surface area contributed by atoms with Crippen molar-refractivity contribution >= 4 is 35.3 Å². The molecule has 2 amide bonds. The summed E-state index contributed by atoms with van der Waals surface area (Å²) in [4.78, 5) is 43.8. The molecule has 1 aliphatic heterocycles. The van der Waals surface area contributed by atoms with Crippen molar-refractivity contribution in [2.75, 3.05) is 5.32 Å². The largest absolute Gasteiger partial charge is 0.424 e. The van der Waals surface area contributed by atoms with E-state index in [1.807, 2.05) is 0 Å². The number of Topliss-reactive ketones (excluding diaryl/α,β-unsaturated/α-hetero) is 1. The fourth-order valence-corrected chi connectivity index (χ4v) is 3.20. The van der Waals surface area contributed by atoms with Gasteiger partial charge in [-0.25, -0.2) is 0 Å². The molecular formula is C21H18N6O4. The number of hydrogen-bond donors (Lipinski definition) is 2. The summed E-state index contributed by atoms with van der Waals surface area (Å²) in [6.45, 7) is 1.50. The lowest BCUT2D eigenvalue weighted by atomic mass is 10.1. The van der Waals surface area contributed by atoms with Crippen LogP contribution < -0.4 is 15.4 Å². The molecule has 10 nitrogen and oxygen atoms in total. The molecule has 0 unspecified atom stereocenters. The minimum absolute atomic E-state index is 0.0142. The van der Waals surface area contributed by atoms with E-state index >= 15 is 0 Å². The molecule has 1 saturated heterocycles. The fourth-order valence-electron chi connectivity index (χ4n) is 3.20. The van der Waals surface area contributed by atoms with Crippen LogP contribution >= 0.6 is 0 Å². The molecule has 31 heavy (non-hydrogen) atoms. The normalized spacial score (nSPS) is 17.3. The average Bonchev–Trinajstić information content (AvgIpc) is 3.37. The van der Waals surface area contributed by atoms with Gasteiger partial charge in [-0.2, -0.15) is 19.6 Å². The zero-order valence-corrected chi connectivity index (χ0v) is 16.6. The number of nitrogens with zero attached hydrogens (tertiary/aromatic N) is 4. The highest BCUT2D eigenvalue weighted by Gasteiger charge is 2.26. The third-order valence-electron chi connectivity index (χ3n) is 4.98. The standard InChI is InChI=1S/C21H18N6O4/c1-11(28)12-2-6-16(7-3-12)31-21-25-18-14(8-13-9-17(29)24-19(13)30)10-22-27(18)20(26-21)23-15-4-5-15/h2-3,6-8,10,15H,4-5,9H2,1H3,(H,23,25,26)(H,24,29,30)/b13-8+. The summed E-state index contributed by atoms with van der Waals surface area (Å²) in [6, 6.07) is 7.09. The summed E-state index contributed by atoms with van der Waals surface area (Å²) in [5, 5.41) is 9.90. The first-order valence-corrected chi connectivity index (χ1v) is 9.82. The molecule has 0 bridgehead atoms. The van der Waals surface area contributed by atoms with E-state index in [1.165, 1.54) is 6.92 Å². The van der Waals surface area contributed by atoms with Gasteiger partial charge in [0, 0.05) is 22.7 Å². The van der Waals surface area contributed by atoms with Crippen molar-refractivity contribution in [1.29, 1.82) is 0 Å². The zero-order chi connectivity index (χ0) is 21.5. The highest BCUT2D eigenvalue weighted by molar-refractivity contribution is 6.15. The summed E-state index contributed by atoms with van der Waals surface area (Å²) in [7, 11) is 0. The highest BCUT2D eigenvalue weighted by Crippen LogP contribution is 2.28. The molecule has 1 aromatic carbocycles. The Morgan fingerprint density at radius 2 is 2.00 bits per heavy atom. The van der Waals surface area contributed by atoms with Gasteiger partial charge in [-0.05, 0) is 50.1 Å². The van der Waals surface area contributed by atoms with Gasteiger partial charge >= 0.3 is 6.01 Å². The van der Waals surface area contributed by atoms with E-state index in [0.717, 1.165) is 12.8 Å². The van der Waals surface area contributed by atoms with E-state index in [4.69, 9.17) is 4.74 Å². The first-order chi connectivity index (χ1) is 15.0. The molecule has 2 N–H and O–H groups in total. The second-order valence-electron chi connectivity index (χ2n) is 7.49. The number of ketones is 1. The molecule has 10 heteroatoms. The van der Waals surface area contributed by atoms with Gasteiger partial charge in [0.25, 0.3) is 5.91 Å². The van der Waals surface area contributed by atoms with Crippen LogP contribution in [0.5, 0.6) is 11.8 Å². The number of anilines is 1. The van der Waals surface area contributed by atoms with Crippen LogP contribution in [-0.2, 0) is 9.59 Å². The number of fused-ring (bicyclic) bond motifs is 1. The molecule has 1 saturated carbocycles. The lowest BCUT2D eigenvalue weighted by Crippen LogP contribution is -2.19. The summed E-state index contributed by atoms with van der Waals surface area (Å²) in [5.41, 5.74) is 1.93. The minimum atomic E-state index is -0.420. The number of carbonyl (C=O) groups is 3. The van der Waals surface area contributed by atoms with Crippen molar-refractivity contribution in [3.8, 4) is 11.8 Å². The maximum atomic E-state index is 11.9. The van der Waals surface area contributed by atoms with Gasteiger partial charge in [-0.3, -0.25) is 19.7 Å². The Kier molecular flexibility index (Phi) is 4.46. The second kappa shape index (κ2) is 7.31. The molecule has 1 aliphatic carbocycles. The van der Waals surface area contributed by atoms with Crippen molar-refractivity contribution in [2.24, 2.45) is 0 Å². The van der Waals surface area contributed by atoms with E-state index < -0.39 is 5.91 Å². The molecule has 0 spiro atoms. The Bertz CT molecular complexity index is 1260. The fraction of sp³-hybridized carbons (Fsp3) is 0.238. The van der Waals surface area contributed by atoms with E-state index in [0.29, 0.717) is 40.1 Å². The van der Waals surface area contributed by atoms with Crippen LogP contribution in [0.4, 0.5) is 5.95 Å². The predicted octanol–water partition coefficient (Wildman–Crippen LogP) is 2.12. The lowest BCUT2D eigenvalue weighted by molar-refractivity contribution is -0.124. The van der Waals surface area contributed by atoms with Crippen LogP contribution in [0.15, 0.2) is 36.0 Å². The van der Waals surface area contributed by atoms with E-state index in [-0.39, 0.29) is 24.1 Å². The van der Waals surface area contributed by atoms with Gasteiger partial charge in [-0.15, -0.1) is 0 Å². The molecule has 156 valence electrons. The molecule has 5 rings (SSSR count). The Morgan fingerprint density at radius 3 is 2.65 bits per heavy atom. The third kappa shape index (κ3) is 3.87. The zero-order valence-electron chi connectivity index (χ0n) is 16.6. The summed E-state index contributed by atoms with van der Waals surface area (Å²) in [6.07, 6.45) is 5.25. The Balaban J connectivity index is 1.53. The van der Waals surface area contributed by atoms with Crippen molar-refractivity contribution in [2.45, 2.75) is 32.2 Å². The predicted molar refractivity (Wildman–Crippen MR) is 110 cm³/mol. The van der Waals surface area contributed by atoms with Crippen LogP contribution in [0.3, 0.4) is 0 Å². The third-order valence-corrected chi connectivity index (χ3v) is 4.98. The van der Waals surface area contributed by atoms with Crippen molar-refractivity contribution in [1.82, 2.24) is 24.9 Å². The van der Waals surface area contributed by atoms with E-state index in [9.17, 15) is 14.4 Å². The Labute approximate surface area is 176 Å². The maximum Gasteiger partial charge on any atom is 0.327 e. The topological polar surface area (TPSA) is 128 Å². The van der Waals surface area contributed by atoms with E-state index in [1.54, 1.807) is 41.1 Å². The van der Waals surface area contributed by atoms with Crippen LogP contribution in [-0.4, -0.2) is 43.2 Å². The smallest absolute Gasteiger partial charge is 0.327 e. The summed E-state index contributed by atoms with van der Waals surface area (Å²) < 4.78 is 7.37. The molecular weight excluding hydrogens is 400 g/mol. The quantitative estimate of drug-likeness (QED) is 0.354. The Morgan fingerprint density at radius 1 is 1.23 bits per heavy atom. The van der Waals surface area contributed by atoms with Crippen LogP contribution in [0.2, 0.25) is 0 Å². The van der Waals surface area contributed by atoms with Crippen LogP contribution in [0.1, 0.15) is 42.1 Å². The number of ether oxygens (including phenoxy) is 1. The number of rotatable bonds is 6. The molecule has 0 radical (unpaired) electrons. The SMILES string of the molecule is CC(=O)c1ccc(Oc2nc(NC3CC3)n3ncc(/C=C4\CC(=O)NC4=O)c3n2)cc1. The van der Waals surface area contributed by atoms with Crippen LogP contribution in [0, 0.1) is 0 Å². The molecule has 3 heterocycles. The minimum Gasteiger partial charge on any atom is -0.424 e. The maximum absolute atomic E-state index is 11.9. The first-order valence-electron chi connectivity index (χ1n) is 9.82. The lowest BCUT2D eigenvalue weighted by Gasteiger charge is -2.09. The van der Waals surface area contributed by atoms with Gasteiger partial charge in [0.05, 0.1) is 12.6 Å². The van der Waals surface area contributed by atoms with E-state index in [2.05, 4.69) is 25.7 Å². The summed E-state index contributed by atoms with van der Waals surface area (Å²) in [5.74, 6) is 0.158.